The molecule has 0 unspecified atom stereocenters. The summed E-state index contributed by atoms with van der Waals surface area (Å²) in [5.74, 6) is 0.586. The van der Waals surface area contributed by atoms with E-state index in [0.717, 1.165) is 3.57 Å². The van der Waals surface area contributed by atoms with Crippen molar-refractivity contribution in [3.05, 3.63) is 51.6 Å². The first-order valence-corrected chi connectivity index (χ1v) is 7.98. The van der Waals surface area contributed by atoms with Gasteiger partial charge in [0.25, 0.3) is 5.91 Å². The molecule has 3 amide bonds. The standard InChI is InChI=1S/C16H13IN2O4/c17-11-3-1-2-4-12(11)18-16(21)19-15(20)10-5-6-13-14(9-10)23-8-7-22-13/h1-6,9H,7-8H2,(H2,18,19,20,21). The lowest BCUT2D eigenvalue weighted by Gasteiger charge is -2.18. The van der Waals surface area contributed by atoms with Gasteiger partial charge in [0.2, 0.25) is 0 Å². The second-order valence-corrected chi connectivity index (χ2v) is 5.91. The first-order chi connectivity index (χ1) is 11.1. The Morgan fingerprint density at radius 2 is 1.74 bits per heavy atom. The Labute approximate surface area is 146 Å². The zero-order valence-corrected chi connectivity index (χ0v) is 14.1. The summed E-state index contributed by atoms with van der Waals surface area (Å²) >= 11 is 2.10. The second kappa shape index (κ2) is 6.86. The van der Waals surface area contributed by atoms with Crippen molar-refractivity contribution in [2.45, 2.75) is 0 Å². The molecule has 1 aliphatic heterocycles. The third-order valence-corrected chi connectivity index (χ3v) is 4.09. The fourth-order valence-electron chi connectivity index (χ4n) is 2.08. The zero-order chi connectivity index (χ0) is 16.2. The predicted molar refractivity (Wildman–Crippen MR) is 93.1 cm³/mol. The lowest BCUT2D eigenvalue weighted by atomic mass is 10.2. The van der Waals surface area contributed by atoms with Crippen LogP contribution in [0.2, 0.25) is 0 Å². The van der Waals surface area contributed by atoms with E-state index < -0.39 is 11.9 Å². The van der Waals surface area contributed by atoms with Crippen LogP contribution in [-0.4, -0.2) is 25.2 Å². The van der Waals surface area contributed by atoms with Gasteiger partial charge in [-0.25, -0.2) is 4.79 Å². The first kappa shape index (κ1) is 15.6. The van der Waals surface area contributed by atoms with E-state index >= 15 is 0 Å². The maximum atomic E-state index is 12.1. The van der Waals surface area contributed by atoms with Gasteiger partial charge in [-0.3, -0.25) is 10.1 Å². The van der Waals surface area contributed by atoms with Crippen LogP contribution in [0.5, 0.6) is 11.5 Å². The van der Waals surface area contributed by atoms with E-state index in [-0.39, 0.29) is 0 Å². The number of rotatable bonds is 2. The summed E-state index contributed by atoms with van der Waals surface area (Å²) in [7, 11) is 0. The van der Waals surface area contributed by atoms with Crippen molar-refractivity contribution in [2.24, 2.45) is 0 Å². The topological polar surface area (TPSA) is 76.7 Å². The molecule has 0 spiro atoms. The monoisotopic (exact) mass is 424 g/mol. The Balaban J connectivity index is 1.67. The van der Waals surface area contributed by atoms with Crippen LogP contribution in [0.3, 0.4) is 0 Å². The molecule has 1 heterocycles. The number of para-hydroxylation sites is 1. The zero-order valence-electron chi connectivity index (χ0n) is 12.0. The molecule has 0 radical (unpaired) electrons. The smallest absolute Gasteiger partial charge is 0.326 e. The molecule has 0 bridgehead atoms. The largest absolute Gasteiger partial charge is 0.486 e. The molecule has 2 aromatic rings. The number of carbonyl (C=O) groups excluding carboxylic acids is 2. The Bertz CT molecular complexity index is 763. The average Bonchev–Trinajstić information content (AvgIpc) is 2.56. The molecule has 7 heteroatoms. The van der Waals surface area contributed by atoms with Crippen LogP contribution in [0.25, 0.3) is 0 Å². The number of carbonyl (C=O) groups is 2. The highest BCUT2D eigenvalue weighted by Crippen LogP contribution is 2.30. The minimum Gasteiger partial charge on any atom is -0.486 e. The van der Waals surface area contributed by atoms with Gasteiger partial charge < -0.3 is 14.8 Å². The lowest BCUT2D eigenvalue weighted by Crippen LogP contribution is -2.34. The van der Waals surface area contributed by atoms with E-state index in [2.05, 4.69) is 33.2 Å². The van der Waals surface area contributed by atoms with Crippen molar-refractivity contribution < 1.29 is 19.1 Å². The van der Waals surface area contributed by atoms with Crippen LogP contribution in [0.4, 0.5) is 10.5 Å². The molecular weight excluding hydrogens is 411 g/mol. The molecule has 0 saturated carbocycles. The summed E-state index contributed by atoms with van der Waals surface area (Å²) in [5.41, 5.74) is 0.965. The minimum atomic E-state index is -0.589. The molecule has 23 heavy (non-hydrogen) atoms. The number of fused-ring (bicyclic) bond motifs is 1. The molecule has 2 aromatic carbocycles. The summed E-state index contributed by atoms with van der Waals surface area (Å²) in [4.78, 5) is 24.1. The molecule has 0 fully saturated rings. The summed E-state index contributed by atoms with van der Waals surface area (Å²) in [6.45, 7) is 0.918. The van der Waals surface area contributed by atoms with Gasteiger partial charge in [0.1, 0.15) is 13.2 Å². The molecule has 6 nitrogen and oxygen atoms in total. The van der Waals surface area contributed by atoms with Crippen LogP contribution in [0, 0.1) is 3.57 Å². The number of imide groups is 1. The number of nitrogens with one attached hydrogen (secondary N) is 2. The molecule has 2 N–H and O–H groups in total. The molecule has 0 aliphatic carbocycles. The Morgan fingerprint density at radius 1 is 1.00 bits per heavy atom. The maximum absolute atomic E-state index is 12.1. The number of hydrogen-bond donors (Lipinski definition) is 2. The van der Waals surface area contributed by atoms with Crippen LogP contribution in [0.15, 0.2) is 42.5 Å². The van der Waals surface area contributed by atoms with E-state index in [1.165, 1.54) is 0 Å². The Hall–Kier alpha value is -2.29. The molecule has 0 aromatic heterocycles. The highest BCUT2D eigenvalue weighted by atomic mass is 127. The SMILES string of the molecule is O=C(NC(=O)c1ccc2c(c1)OCCO2)Nc1ccccc1I. The van der Waals surface area contributed by atoms with Crippen LogP contribution >= 0.6 is 22.6 Å². The van der Waals surface area contributed by atoms with Crippen molar-refractivity contribution in [1.82, 2.24) is 5.32 Å². The number of ether oxygens (including phenoxy) is 2. The minimum absolute atomic E-state index is 0.326. The molecule has 3 rings (SSSR count). The van der Waals surface area contributed by atoms with Crippen LogP contribution < -0.4 is 20.1 Å². The van der Waals surface area contributed by atoms with Gasteiger partial charge in [0, 0.05) is 9.13 Å². The Morgan fingerprint density at radius 3 is 2.52 bits per heavy atom. The number of amides is 3. The lowest BCUT2D eigenvalue weighted by molar-refractivity contribution is 0.0966. The second-order valence-electron chi connectivity index (χ2n) is 4.75. The number of urea groups is 1. The highest BCUT2D eigenvalue weighted by molar-refractivity contribution is 14.1. The van der Waals surface area contributed by atoms with E-state index in [1.807, 2.05) is 12.1 Å². The van der Waals surface area contributed by atoms with Crippen molar-refractivity contribution in [1.29, 1.82) is 0 Å². The molecular formula is C16H13IN2O4. The quantitative estimate of drug-likeness (QED) is 0.727. The fraction of sp³-hybridized carbons (Fsp3) is 0.125. The highest BCUT2D eigenvalue weighted by Gasteiger charge is 2.16. The summed E-state index contributed by atoms with van der Waals surface area (Å²) in [5, 5.41) is 4.93. The third kappa shape index (κ3) is 3.73. The number of halogens is 1. The van der Waals surface area contributed by atoms with Gasteiger partial charge in [0.05, 0.1) is 5.69 Å². The van der Waals surface area contributed by atoms with Gasteiger partial charge in [-0.15, -0.1) is 0 Å². The summed E-state index contributed by atoms with van der Waals surface area (Å²) < 4.78 is 11.7. The maximum Gasteiger partial charge on any atom is 0.326 e. The van der Waals surface area contributed by atoms with Crippen LogP contribution in [-0.2, 0) is 0 Å². The van der Waals surface area contributed by atoms with Crippen molar-refractivity contribution in [3.63, 3.8) is 0 Å². The Kier molecular flexibility index (Phi) is 4.65. The van der Waals surface area contributed by atoms with Gasteiger partial charge >= 0.3 is 6.03 Å². The van der Waals surface area contributed by atoms with Gasteiger partial charge in [-0.05, 0) is 52.9 Å². The molecule has 0 saturated heterocycles. The molecule has 118 valence electrons. The third-order valence-electron chi connectivity index (χ3n) is 3.15. The van der Waals surface area contributed by atoms with Crippen molar-refractivity contribution >= 4 is 40.2 Å². The van der Waals surface area contributed by atoms with Crippen molar-refractivity contribution in [3.8, 4) is 11.5 Å². The van der Waals surface area contributed by atoms with E-state index in [4.69, 9.17) is 9.47 Å². The first-order valence-electron chi connectivity index (χ1n) is 6.90. The van der Waals surface area contributed by atoms with Gasteiger partial charge in [-0.1, -0.05) is 12.1 Å². The summed E-state index contributed by atoms with van der Waals surface area (Å²) in [6.07, 6.45) is 0. The van der Waals surface area contributed by atoms with E-state index in [9.17, 15) is 9.59 Å². The van der Waals surface area contributed by atoms with E-state index in [1.54, 1.807) is 30.3 Å². The normalized spacial score (nSPS) is 12.4. The van der Waals surface area contributed by atoms with Gasteiger partial charge in [0.15, 0.2) is 11.5 Å². The summed E-state index contributed by atoms with van der Waals surface area (Å²) in [6, 6.07) is 11.5. The van der Waals surface area contributed by atoms with E-state index in [0.29, 0.717) is 36.0 Å². The number of hydrogen-bond acceptors (Lipinski definition) is 4. The van der Waals surface area contributed by atoms with Crippen LogP contribution in [0.1, 0.15) is 10.4 Å². The van der Waals surface area contributed by atoms with Gasteiger partial charge in [-0.2, -0.15) is 0 Å². The number of benzene rings is 2. The number of anilines is 1. The average molecular weight is 424 g/mol. The molecule has 1 aliphatic rings. The fourth-order valence-corrected chi connectivity index (χ4v) is 2.60. The van der Waals surface area contributed by atoms with Crippen molar-refractivity contribution in [2.75, 3.05) is 18.5 Å². The predicted octanol–water partition coefficient (Wildman–Crippen LogP) is 3.02. The molecule has 0 atom stereocenters.